The van der Waals surface area contributed by atoms with Crippen LogP contribution in [0.3, 0.4) is 0 Å². The molecule has 1 aliphatic heterocycles. The molecule has 0 aromatic carbocycles. The molecule has 2 aromatic rings. The zero-order chi connectivity index (χ0) is 13.6. The highest BCUT2D eigenvalue weighted by Gasteiger charge is 2.38. The molecule has 1 N–H and O–H groups in total. The van der Waals surface area contributed by atoms with E-state index in [1.54, 1.807) is 12.4 Å². The summed E-state index contributed by atoms with van der Waals surface area (Å²) in [6, 6.07) is 3.87. The number of rotatable bonds is 1. The van der Waals surface area contributed by atoms with Crippen molar-refractivity contribution in [3.8, 4) is 11.3 Å². The molecule has 1 amide bonds. The van der Waals surface area contributed by atoms with Crippen molar-refractivity contribution in [1.82, 2.24) is 9.97 Å². The van der Waals surface area contributed by atoms with E-state index < -0.39 is 5.41 Å². The van der Waals surface area contributed by atoms with Crippen LogP contribution < -0.4 is 5.32 Å². The number of nitrogens with zero attached hydrogens (tertiary/aromatic N) is 2. The lowest BCUT2D eigenvalue weighted by Crippen LogP contribution is -2.26. The lowest BCUT2D eigenvalue weighted by atomic mass is 9.87. The second kappa shape index (κ2) is 3.88. The summed E-state index contributed by atoms with van der Waals surface area (Å²) in [6.45, 7) is 5.82. The standard InChI is InChI=1S/C15H15N3O/c1-9-7-16-5-4-10(9)12-6-13-11(8-17-12)15(2,3)14(19)18-13/h4-8H,1-3H3,(H,18,19). The largest absolute Gasteiger partial charge is 0.325 e. The summed E-state index contributed by atoms with van der Waals surface area (Å²) in [5, 5.41) is 2.92. The number of fused-ring (bicyclic) bond motifs is 1. The van der Waals surface area contributed by atoms with Gasteiger partial charge in [0, 0.05) is 35.4 Å². The van der Waals surface area contributed by atoms with Gasteiger partial charge in [0.05, 0.1) is 11.1 Å². The SMILES string of the molecule is Cc1cnccc1-c1cc2c(cn1)C(C)(C)C(=O)N2. The minimum Gasteiger partial charge on any atom is -0.325 e. The third-order valence-electron chi connectivity index (χ3n) is 3.69. The molecular formula is C15H15N3O. The van der Waals surface area contributed by atoms with Gasteiger partial charge in [-0.3, -0.25) is 14.8 Å². The Bertz CT molecular complexity index is 677. The van der Waals surface area contributed by atoms with Crippen molar-refractivity contribution in [3.63, 3.8) is 0 Å². The Morgan fingerprint density at radius 1 is 1.26 bits per heavy atom. The fourth-order valence-corrected chi connectivity index (χ4v) is 2.37. The summed E-state index contributed by atoms with van der Waals surface area (Å²) >= 11 is 0. The highest BCUT2D eigenvalue weighted by molar-refractivity contribution is 6.05. The minimum atomic E-state index is -0.506. The van der Waals surface area contributed by atoms with Gasteiger partial charge in [0.1, 0.15) is 0 Å². The van der Waals surface area contributed by atoms with Crippen molar-refractivity contribution in [1.29, 1.82) is 0 Å². The molecule has 2 aromatic heterocycles. The fraction of sp³-hybridized carbons (Fsp3) is 0.267. The maximum Gasteiger partial charge on any atom is 0.234 e. The van der Waals surface area contributed by atoms with Gasteiger partial charge >= 0.3 is 0 Å². The van der Waals surface area contributed by atoms with Crippen molar-refractivity contribution < 1.29 is 4.79 Å². The van der Waals surface area contributed by atoms with Crippen LogP contribution in [0.1, 0.15) is 25.0 Å². The molecule has 1 aliphatic rings. The number of pyridine rings is 2. The number of hydrogen-bond acceptors (Lipinski definition) is 3. The summed E-state index contributed by atoms with van der Waals surface area (Å²) in [6.07, 6.45) is 5.36. The predicted octanol–water partition coefficient (Wildman–Crippen LogP) is 2.68. The number of aryl methyl sites for hydroxylation is 1. The molecule has 0 fully saturated rings. The second-order valence-electron chi connectivity index (χ2n) is 5.38. The van der Waals surface area contributed by atoms with Crippen molar-refractivity contribution in [2.24, 2.45) is 0 Å². The van der Waals surface area contributed by atoms with Crippen LogP contribution in [-0.2, 0) is 10.2 Å². The number of nitrogens with one attached hydrogen (secondary N) is 1. The van der Waals surface area contributed by atoms with Gasteiger partial charge in [-0.2, -0.15) is 0 Å². The monoisotopic (exact) mass is 253 g/mol. The van der Waals surface area contributed by atoms with Gasteiger partial charge in [0.25, 0.3) is 0 Å². The van der Waals surface area contributed by atoms with Crippen LogP contribution in [0, 0.1) is 6.92 Å². The number of anilines is 1. The first kappa shape index (κ1) is 11.8. The second-order valence-corrected chi connectivity index (χ2v) is 5.38. The number of hydrogen-bond donors (Lipinski definition) is 1. The van der Waals surface area contributed by atoms with Crippen LogP contribution in [0.4, 0.5) is 5.69 Å². The summed E-state index contributed by atoms with van der Waals surface area (Å²) in [5.74, 6) is 0.0212. The number of carbonyl (C=O) groups is 1. The Morgan fingerprint density at radius 2 is 2.05 bits per heavy atom. The first-order valence-electron chi connectivity index (χ1n) is 6.23. The van der Waals surface area contributed by atoms with E-state index in [-0.39, 0.29) is 5.91 Å². The lowest BCUT2D eigenvalue weighted by molar-refractivity contribution is -0.119. The molecule has 0 bridgehead atoms. The molecule has 3 heterocycles. The van der Waals surface area contributed by atoms with Gasteiger partial charge in [-0.15, -0.1) is 0 Å². The Kier molecular flexibility index (Phi) is 2.42. The summed E-state index contributed by atoms with van der Waals surface area (Å²) in [7, 11) is 0. The molecule has 4 nitrogen and oxygen atoms in total. The van der Waals surface area contributed by atoms with E-state index in [9.17, 15) is 4.79 Å². The molecule has 0 saturated carbocycles. The number of aromatic nitrogens is 2. The van der Waals surface area contributed by atoms with E-state index in [1.807, 2.05) is 39.1 Å². The van der Waals surface area contributed by atoms with Gasteiger partial charge in [-0.05, 0) is 38.5 Å². The van der Waals surface area contributed by atoms with E-state index in [1.165, 1.54) is 0 Å². The molecule has 0 aliphatic carbocycles. The molecule has 19 heavy (non-hydrogen) atoms. The molecule has 3 rings (SSSR count). The van der Waals surface area contributed by atoms with Crippen LogP contribution in [0.15, 0.2) is 30.7 Å². The Hall–Kier alpha value is -2.23. The highest BCUT2D eigenvalue weighted by Crippen LogP contribution is 2.38. The molecule has 0 unspecified atom stereocenters. The molecule has 0 saturated heterocycles. The quantitative estimate of drug-likeness (QED) is 0.850. The smallest absolute Gasteiger partial charge is 0.234 e. The molecule has 0 atom stereocenters. The van der Waals surface area contributed by atoms with Gasteiger partial charge < -0.3 is 5.32 Å². The van der Waals surface area contributed by atoms with E-state index in [2.05, 4.69) is 15.3 Å². The molecule has 0 radical (unpaired) electrons. The molecule has 0 spiro atoms. The van der Waals surface area contributed by atoms with Gasteiger partial charge in [-0.1, -0.05) is 0 Å². The average Bonchev–Trinajstić information content (AvgIpc) is 2.60. The summed E-state index contributed by atoms with van der Waals surface area (Å²) in [4.78, 5) is 20.5. The highest BCUT2D eigenvalue weighted by atomic mass is 16.2. The van der Waals surface area contributed by atoms with E-state index in [0.717, 1.165) is 28.1 Å². The zero-order valence-electron chi connectivity index (χ0n) is 11.2. The summed E-state index contributed by atoms with van der Waals surface area (Å²) < 4.78 is 0. The van der Waals surface area contributed by atoms with Crippen LogP contribution in [0.25, 0.3) is 11.3 Å². The Labute approximate surface area is 111 Å². The van der Waals surface area contributed by atoms with E-state index >= 15 is 0 Å². The van der Waals surface area contributed by atoms with Crippen molar-refractivity contribution in [2.75, 3.05) is 5.32 Å². The van der Waals surface area contributed by atoms with E-state index in [0.29, 0.717) is 0 Å². The van der Waals surface area contributed by atoms with Crippen LogP contribution in [0.5, 0.6) is 0 Å². The third-order valence-corrected chi connectivity index (χ3v) is 3.69. The number of amides is 1. The average molecular weight is 253 g/mol. The Balaban J connectivity index is 2.13. The van der Waals surface area contributed by atoms with Crippen molar-refractivity contribution >= 4 is 11.6 Å². The predicted molar refractivity (Wildman–Crippen MR) is 73.9 cm³/mol. The third kappa shape index (κ3) is 1.71. The van der Waals surface area contributed by atoms with Crippen LogP contribution >= 0.6 is 0 Å². The first-order valence-corrected chi connectivity index (χ1v) is 6.23. The first-order chi connectivity index (χ1) is 9.00. The zero-order valence-corrected chi connectivity index (χ0v) is 11.2. The van der Waals surface area contributed by atoms with Crippen LogP contribution in [0.2, 0.25) is 0 Å². The summed E-state index contributed by atoms with van der Waals surface area (Å²) in [5.41, 5.74) is 4.27. The normalized spacial score (nSPS) is 16.1. The topological polar surface area (TPSA) is 54.9 Å². The lowest BCUT2D eigenvalue weighted by Gasteiger charge is -2.14. The molecule has 4 heteroatoms. The minimum absolute atomic E-state index is 0.0212. The van der Waals surface area contributed by atoms with Crippen LogP contribution in [-0.4, -0.2) is 15.9 Å². The number of carbonyl (C=O) groups excluding carboxylic acids is 1. The van der Waals surface area contributed by atoms with E-state index in [4.69, 9.17) is 0 Å². The fourth-order valence-electron chi connectivity index (χ4n) is 2.37. The maximum atomic E-state index is 11.9. The molecule has 96 valence electrons. The maximum absolute atomic E-state index is 11.9. The molecular weight excluding hydrogens is 238 g/mol. The van der Waals surface area contributed by atoms with Crippen molar-refractivity contribution in [2.45, 2.75) is 26.2 Å². The van der Waals surface area contributed by atoms with Gasteiger partial charge in [0.15, 0.2) is 0 Å². The van der Waals surface area contributed by atoms with Crippen molar-refractivity contribution in [3.05, 3.63) is 41.9 Å². The van der Waals surface area contributed by atoms with Gasteiger partial charge in [-0.25, -0.2) is 0 Å². The Morgan fingerprint density at radius 3 is 2.79 bits per heavy atom. The van der Waals surface area contributed by atoms with Gasteiger partial charge in [0.2, 0.25) is 5.91 Å².